The molecule has 0 aromatic rings. The summed E-state index contributed by atoms with van der Waals surface area (Å²) < 4.78 is 16.6. The summed E-state index contributed by atoms with van der Waals surface area (Å²) in [5, 5.41) is 0. The van der Waals surface area contributed by atoms with E-state index in [1.165, 1.54) is 0 Å². The lowest BCUT2D eigenvalue weighted by Crippen LogP contribution is -2.39. The number of alkyl halides is 2. The van der Waals surface area contributed by atoms with Gasteiger partial charge >= 0.3 is 6.09 Å². The fourth-order valence-corrected chi connectivity index (χ4v) is 1.50. The Morgan fingerprint density at radius 3 is 2.83 bits per heavy atom. The number of nitrogens with zero attached hydrogens (tertiary/aromatic N) is 1. The van der Waals surface area contributed by atoms with Gasteiger partial charge in [0.2, 0.25) is 0 Å². The first-order valence-electron chi connectivity index (χ1n) is 3.32. The van der Waals surface area contributed by atoms with E-state index in [0.29, 0.717) is 0 Å². The molecule has 0 aromatic carbocycles. The maximum Gasteiger partial charge on any atom is 0.417 e. The molecule has 1 heterocycles. The van der Waals surface area contributed by atoms with Gasteiger partial charge in [0.25, 0.3) is 5.91 Å². The minimum atomic E-state index is -1.66. The van der Waals surface area contributed by atoms with E-state index in [4.69, 9.17) is 0 Å². The lowest BCUT2D eigenvalue weighted by atomic mass is 10.4. The van der Waals surface area contributed by atoms with Gasteiger partial charge in [-0.2, -0.15) is 0 Å². The molecule has 0 radical (unpaired) electrons. The molecule has 0 spiro atoms. The number of carbonyl (C=O) groups excluding carboxylic acids is 2. The van der Waals surface area contributed by atoms with Crippen molar-refractivity contribution in [1.82, 2.24) is 4.90 Å². The van der Waals surface area contributed by atoms with E-state index in [-0.39, 0.29) is 10.7 Å². The number of imide groups is 1. The monoisotopic (exact) mass is 287 g/mol. The van der Waals surface area contributed by atoms with Gasteiger partial charge in [-0.15, -0.1) is 0 Å². The molecule has 4 nitrogen and oxygen atoms in total. The summed E-state index contributed by atoms with van der Waals surface area (Å²) in [6.45, 7) is 1.23. The average molecular weight is 287 g/mol. The fraction of sp³-hybridized carbons (Fsp3) is 0.667. The summed E-state index contributed by atoms with van der Waals surface area (Å²) in [7, 11) is 0. The maximum absolute atomic E-state index is 12.5. The van der Waals surface area contributed by atoms with Crippen LogP contribution >= 0.6 is 22.6 Å². The second-order valence-corrected chi connectivity index (χ2v) is 3.77. The van der Waals surface area contributed by atoms with Crippen LogP contribution < -0.4 is 0 Å². The summed E-state index contributed by atoms with van der Waals surface area (Å²) >= 11 is 1.85. The third kappa shape index (κ3) is 1.67. The quantitative estimate of drug-likeness (QED) is 0.412. The highest BCUT2D eigenvalue weighted by Crippen LogP contribution is 2.19. The number of halogens is 2. The molecule has 2 atom stereocenters. The highest BCUT2D eigenvalue weighted by molar-refractivity contribution is 14.1. The summed E-state index contributed by atoms with van der Waals surface area (Å²) in [6.07, 6.45) is -2.42. The van der Waals surface area contributed by atoms with E-state index in [1.54, 1.807) is 0 Å². The molecular formula is C6H7FINO3. The van der Waals surface area contributed by atoms with Crippen molar-refractivity contribution >= 4 is 34.6 Å². The molecule has 0 aliphatic carbocycles. The molecule has 68 valence electrons. The lowest BCUT2D eigenvalue weighted by molar-refractivity contribution is -0.132. The molecule has 1 aliphatic rings. The van der Waals surface area contributed by atoms with E-state index in [1.807, 2.05) is 22.6 Å². The molecule has 2 unspecified atom stereocenters. The Labute approximate surface area is 82.2 Å². The average Bonchev–Trinajstić information content (AvgIpc) is 2.30. The second kappa shape index (κ2) is 3.55. The normalized spacial score (nSPS) is 25.4. The zero-order valence-corrected chi connectivity index (χ0v) is 8.45. The Balaban J connectivity index is 2.73. The number of rotatable bonds is 1. The minimum absolute atomic E-state index is 0.137. The van der Waals surface area contributed by atoms with Crippen LogP contribution in [-0.4, -0.2) is 33.7 Å². The SMILES string of the molecule is CC(F)C(=O)N1C(=O)OCC1I. The first kappa shape index (κ1) is 9.69. The molecule has 12 heavy (non-hydrogen) atoms. The largest absolute Gasteiger partial charge is 0.446 e. The van der Waals surface area contributed by atoms with Crippen molar-refractivity contribution in [2.75, 3.05) is 6.61 Å². The van der Waals surface area contributed by atoms with Crippen LogP contribution in [0, 0.1) is 0 Å². The van der Waals surface area contributed by atoms with Gasteiger partial charge < -0.3 is 4.74 Å². The summed E-state index contributed by atoms with van der Waals surface area (Å²) in [5.74, 6) is -0.836. The van der Waals surface area contributed by atoms with Gasteiger partial charge in [0.15, 0.2) is 6.17 Å². The van der Waals surface area contributed by atoms with Crippen LogP contribution in [0.1, 0.15) is 6.92 Å². The first-order valence-corrected chi connectivity index (χ1v) is 4.56. The van der Waals surface area contributed by atoms with Crippen LogP contribution in [0.2, 0.25) is 0 Å². The number of hydrogen-bond acceptors (Lipinski definition) is 3. The Morgan fingerprint density at radius 2 is 2.50 bits per heavy atom. The molecule has 1 rings (SSSR count). The zero-order valence-electron chi connectivity index (χ0n) is 6.29. The van der Waals surface area contributed by atoms with Crippen LogP contribution in [0.4, 0.5) is 9.18 Å². The Morgan fingerprint density at radius 1 is 1.92 bits per heavy atom. The van der Waals surface area contributed by atoms with Gasteiger partial charge in [0, 0.05) is 0 Å². The number of hydrogen-bond donors (Lipinski definition) is 0. The Bertz CT molecular complexity index is 221. The summed E-state index contributed by atoms with van der Waals surface area (Å²) in [4.78, 5) is 22.7. The standard InChI is InChI=1S/C6H7FINO3/c1-3(7)5(10)9-4(8)2-12-6(9)11/h3-4H,2H2,1H3. The highest BCUT2D eigenvalue weighted by Gasteiger charge is 2.38. The smallest absolute Gasteiger partial charge is 0.417 e. The molecule has 0 saturated carbocycles. The van der Waals surface area contributed by atoms with E-state index >= 15 is 0 Å². The van der Waals surface area contributed by atoms with Crippen LogP contribution in [0.3, 0.4) is 0 Å². The van der Waals surface area contributed by atoms with Gasteiger partial charge in [-0.25, -0.2) is 14.1 Å². The maximum atomic E-state index is 12.5. The van der Waals surface area contributed by atoms with E-state index in [9.17, 15) is 14.0 Å². The predicted molar refractivity (Wildman–Crippen MR) is 46.6 cm³/mol. The molecule has 1 saturated heterocycles. The van der Waals surface area contributed by atoms with Crippen molar-refractivity contribution in [3.63, 3.8) is 0 Å². The van der Waals surface area contributed by atoms with Gasteiger partial charge in [0.1, 0.15) is 10.7 Å². The summed E-state index contributed by atoms with van der Waals surface area (Å²) in [6, 6.07) is 0. The number of amides is 2. The number of ether oxygens (including phenoxy) is 1. The fourth-order valence-electron chi connectivity index (χ4n) is 0.818. The van der Waals surface area contributed by atoms with Crippen molar-refractivity contribution < 1.29 is 18.7 Å². The number of carbonyl (C=O) groups is 2. The van der Waals surface area contributed by atoms with Crippen molar-refractivity contribution in [2.24, 2.45) is 0 Å². The van der Waals surface area contributed by atoms with E-state index in [2.05, 4.69) is 4.74 Å². The van der Waals surface area contributed by atoms with E-state index in [0.717, 1.165) is 11.8 Å². The summed E-state index contributed by atoms with van der Waals surface area (Å²) in [5.41, 5.74) is 0. The topological polar surface area (TPSA) is 46.6 Å². The molecular weight excluding hydrogens is 280 g/mol. The zero-order chi connectivity index (χ0) is 9.30. The molecule has 1 aliphatic heterocycles. The first-order chi connectivity index (χ1) is 5.54. The minimum Gasteiger partial charge on any atom is -0.446 e. The van der Waals surface area contributed by atoms with Crippen molar-refractivity contribution in [3.8, 4) is 0 Å². The number of cyclic esters (lactones) is 1. The highest BCUT2D eigenvalue weighted by atomic mass is 127. The van der Waals surface area contributed by atoms with Crippen LogP contribution in [0.15, 0.2) is 0 Å². The van der Waals surface area contributed by atoms with Crippen LogP contribution in [0.25, 0.3) is 0 Å². The molecule has 0 N–H and O–H groups in total. The predicted octanol–water partition coefficient (Wildman–Crippen LogP) is 1.08. The van der Waals surface area contributed by atoms with Gasteiger partial charge in [-0.05, 0) is 6.92 Å². The van der Waals surface area contributed by atoms with Gasteiger partial charge in [0.05, 0.1) is 0 Å². The molecule has 2 amide bonds. The van der Waals surface area contributed by atoms with Crippen molar-refractivity contribution in [2.45, 2.75) is 17.1 Å². The Kier molecular flexibility index (Phi) is 2.86. The molecule has 1 fully saturated rings. The molecule has 6 heteroatoms. The van der Waals surface area contributed by atoms with Crippen LogP contribution in [-0.2, 0) is 9.53 Å². The lowest BCUT2D eigenvalue weighted by Gasteiger charge is -2.14. The van der Waals surface area contributed by atoms with E-state index < -0.39 is 18.2 Å². The third-order valence-corrected chi connectivity index (χ3v) is 2.32. The molecule has 0 bridgehead atoms. The van der Waals surface area contributed by atoms with Crippen molar-refractivity contribution in [1.29, 1.82) is 0 Å². The second-order valence-electron chi connectivity index (χ2n) is 2.34. The van der Waals surface area contributed by atoms with Gasteiger partial charge in [-0.3, -0.25) is 4.79 Å². The van der Waals surface area contributed by atoms with Crippen LogP contribution in [0.5, 0.6) is 0 Å². The Hall–Kier alpha value is -0.400. The van der Waals surface area contributed by atoms with Crippen molar-refractivity contribution in [3.05, 3.63) is 0 Å². The molecule has 0 aromatic heterocycles. The van der Waals surface area contributed by atoms with Gasteiger partial charge in [-0.1, -0.05) is 22.6 Å². The third-order valence-electron chi connectivity index (χ3n) is 1.40.